The van der Waals surface area contributed by atoms with Gasteiger partial charge in [0.25, 0.3) is 0 Å². The number of nitrogens with one attached hydrogen (secondary N) is 1. The van der Waals surface area contributed by atoms with E-state index in [0.717, 1.165) is 17.9 Å². The van der Waals surface area contributed by atoms with E-state index >= 15 is 0 Å². The van der Waals surface area contributed by atoms with Crippen molar-refractivity contribution in [1.29, 1.82) is 0 Å². The molecule has 3 atom stereocenters. The Bertz CT molecular complexity index is 182. The van der Waals surface area contributed by atoms with Crippen LogP contribution in [0.1, 0.15) is 47.0 Å². The van der Waals surface area contributed by atoms with Gasteiger partial charge in [-0.15, -0.1) is 0 Å². The predicted molar refractivity (Wildman–Crippen MR) is 71.8 cm³/mol. The highest BCUT2D eigenvalue weighted by Crippen LogP contribution is 2.24. The average Bonchev–Trinajstić information content (AvgIpc) is 2.28. The zero-order chi connectivity index (χ0) is 12.0. The molecule has 1 saturated heterocycles. The standard InChI is InChI=1S/C14H30N2/c1-5-8-15-9-6-14(4)16-10-7-12(2)13(3)11-16/h12-15H,5-11H2,1-4H3. The molecule has 1 fully saturated rings. The first-order valence-electron chi connectivity index (χ1n) is 7.09. The highest BCUT2D eigenvalue weighted by atomic mass is 15.2. The topological polar surface area (TPSA) is 15.3 Å². The minimum Gasteiger partial charge on any atom is -0.317 e. The van der Waals surface area contributed by atoms with Gasteiger partial charge < -0.3 is 10.2 Å². The largest absolute Gasteiger partial charge is 0.317 e. The summed E-state index contributed by atoms with van der Waals surface area (Å²) in [6.45, 7) is 14.4. The maximum Gasteiger partial charge on any atom is 0.00791 e. The molecule has 0 aliphatic carbocycles. The van der Waals surface area contributed by atoms with Gasteiger partial charge in [0.15, 0.2) is 0 Å². The van der Waals surface area contributed by atoms with E-state index in [4.69, 9.17) is 0 Å². The van der Waals surface area contributed by atoms with Crippen LogP contribution in [0.25, 0.3) is 0 Å². The lowest BCUT2D eigenvalue weighted by atomic mass is 9.88. The van der Waals surface area contributed by atoms with Gasteiger partial charge in [0.2, 0.25) is 0 Å². The fourth-order valence-corrected chi connectivity index (χ4v) is 2.49. The molecule has 3 unspecified atom stereocenters. The van der Waals surface area contributed by atoms with E-state index in [-0.39, 0.29) is 0 Å². The lowest BCUT2D eigenvalue weighted by Crippen LogP contribution is -2.44. The Morgan fingerprint density at radius 3 is 2.62 bits per heavy atom. The SMILES string of the molecule is CCCNCCC(C)N1CCC(C)C(C)C1. The zero-order valence-corrected chi connectivity index (χ0v) is 11.6. The van der Waals surface area contributed by atoms with Crippen molar-refractivity contribution in [3.05, 3.63) is 0 Å². The van der Waals surface area contributed by atoms with Crippen LogP contribution in [0.2, 0.25) is 0 Å². The minimum atomic E-state index is 0.749. The van der Waals surface area contributed by atoms with Gasteiger partial charge in [0, 0.05) is 12.6 Å². The van der Waals surface area contributed by atoms with Crippen molar-refractivity contribution in [1.82, 2.24) is 10.2 Å². The normalized spacial score (nSPS) is 29.2. The number of piperidine rings is 1. The molecule has 1 aliphatic rings. The van der Waals surface area contributed by atoms with Crippen LogP contribution in [0.15, 0.2) is 0 Å². The molecule has 0 saturated carbocycles. The number of likely N-dealkylation sites (tertiary alicyclic amines) is 1. The second-order valence-electron chi connectivity index (χ2n) is 5.63. The molecule has 2 heteroatoms. The van der Waals surface area contributed by atoms with Crippen molar-refractivity contribution in [2.45, 2.75) is 53.0 Å². The monoisotopic (exact) mass is 226 g/mol. The Balaban J connectivity index is 2.18. The molecule has 1 rings (SSSR count). The quantitative estimate of drug-likeness (QED) is 0.701. The van der Waals surface area contributed by atoms with Crippen molar-refractivity contribution in [3.8, 4) is 0 Å². The summed E-state index contributed by atoms with van der Waals surface area (Å²) in [4.78, 5) is 2.68. The Morgan fingerprint density at radius 2 is 2.00 bits per heavy atom. The molecular weight excluding hydrogens is 196 g/mol. The number of nitrogens with zero attached hydrogens (tertiary/aromatic N) is 1. The Morgan fingerprint density at radius 1 is 1.25 bits per heavy atom. The van der Waals surface area contributed by atoms with Crippen molar-refractivity contribution in [2.75, 3.05) is 26.2 Å². The third-order valence-corrected chi connectivity index (χ3v) is 4.15. The second kappa shape index (κ2) is 7.29. The lowest BCUT2D eigenvalue weighted by Gasteiger charge is -2.39. The van der Waals surface area contributed by atoms with Crippen LogP contribution >= 0.6 is 0 Å². The lowest BCUT2D eigenvalue weighted by molar-refractivity contribution is 0.0987. The molecule has 0 bridgehead atoms. The van der Waals surface area contributed by atoms with Crippen LogP contribution in [0, 0.1) is 11.8 Å². The highest BCUT2D eigenvalue weighted by molar-refractivity contribution is 4.79. The maximum atomic E-state index is 3.50. The van der Waals surface area contributed by atoms with Crippen molar-refractivity contribution in [2.24, 2.45) is 11.8 Å². The van der Waals surface area contributed by atoms with Gasteiger partial charge in [-0.1, -0.05) is 20.8 Å². The van der Waals surface area contributed by atoms with E-state index in [9.17, 15) is 0 Å². The summed E-state index contributed by atoms with van der Waals surface area (Å²) in [5, 5.41) is 3.50. The molecule has 1 aliphatic heterocycles. The number of rotatable bonds is 6. The van der Waals surface area contributed by atoms with Crippen LogP contribution in [0.3, 0.4) is 0 Å². The Labute approximate surface area is 102 Å². The van der Waals surface area contributed by atoms with Gasteiger partial charge in [-0.25, -0.2) is 0 Å². The van der Waals surface area contributed by atoms with Crippen molar-refractivity contribution < 1.29 is 0 Å². The van der Waals surface area contributed by atoms with Crippen LogP contribution < -0.4 is 5.32 Å². The first-order valence-corrected chi connectivity index (χ1v) is 7.09. The molecule has 0 aromatic heterocycles. The van der Waals surface area contributed by atoms with Gasteiger partial charge in [0.1, 0.15) is 0 Å². The van der Waals surface area contributed by atoms with Crippen LogP contribution in [0.4, 0.5) is 0 Å². The predicted octanol–water partition coefficient (Wildman–Crippen LogP) is 2.74. The summed E-state index contributed by atoms with van der Waals surface area (Å²) in [6, 6.07) is 0.749. The zero-order valence-electron chi connectivity index (χ0n) is 11.6. The number of hydrogen-bond donors (Lipinski definition) is 1. The highest BCUT2D eigenvalue weighted by Gasteiger charge is 2.25. The second-order valence-corrected chi connectivity index (χ2v) is 5.63. The smallest absolute Gasteiger partial charge is 0.00791 e. The summed E-state index contributed by atoms with van der Waals surface area (Å²) in [5.74, 6) is 1.79. The van der Waals surface area contributed by atoms with E-state index in [0.29, 0.717) is 0 Å². The van der Waals surface area contributed by atoms with Gasteiger partial charge in [-0.2, -0.15) is 0 Å². The number of hydrogen-bond acceptors (Lipinski definition) is 2. The van der Waals surface area contributed by atoms with Crippen LogP contribution in [0.5, 0.6) is 0 Å². The summed E-state index contributed by atoms with van der Waals surface area (Å²) in [6.07, 6.45) is 3.92. The molecule has 0 radical (unpaired) electrons. The Kier molecular flexibility index (Phi) is 6.37. The maximum absolute atomic E-state index is 3.50. The third kappa shape index (κ3) is 4.42. The molecule has 0 amide bonds. The summed E-state index contributed by atoms with van der Waals surface area (Å²) in [5.41, 5.74) is 0. The molecule has 0 spiro atoms. The fraction of sp³-hybridized carbons (Fsp3) is 1.00. The fourth-order valence-electron chi connectivity index (χ4n) is 2.49. The summed E-state index contributed by atoms with van der Waals surface area (Å²) < 4.78 is 0. The van der Waals surface area contributed by atoms with E-state index < -0.39 is 0 Å². The first kappa shape index (κ1) is 14.0. The third-order valence-electron chi connectivity index (χ3n) is 4.15. The van der Waals surface area contributed by atoms with E-state index in [1.165, 1.54) is 45.4 Å². The van der Waals surface area contributed by atoms with E-state index in [1.54, 1.807) is 0 Å². The molecule has 1 N–H and O–H groups in total. The minimum absolute atomic E-state index is 0.749. The van der Waals surface area contributed by atoms with Gasteiger partial charge in [0.05, 0.1) is 0 Å². The molecule has 0 aromatic rings. The van der Waals surface area contributed by atoms with E-state index in [1.807, 2.05) is 0 Å². The molecule has 96 valence electrons. The summed E-state index contributed by atoms with van der Waals surface area (Å²) in [7, 11) is 0. The van der Waals surface area contributed by atoms with Gasteiger partial charge in [-0.3, -0.25) is 0 Å². The molecule has 0 aromatic carbocycles. The van der Waals surface area contributed by atoms with Crippen LogP contribution in [-0.2, 0) is 0 Å². The van der Waals surface area contributed by atoms with Crippen molar-refractivity contribution >= 4 is 0 Å². The average molecular weight is 226 g/mol. The first-order chi connectivity index (χ1) is 7.65. The Hall–Kier alpha value is -0.0800. The molecule has 2 nitrogen and oxygen atoms in total. The summed E-state index contributed by atoms with van der Waals surface area (Å²) >= 11 is 0. The van der Waals surface area contributed by atoms with Gasteiger partial charge >= 0.3 is 0 Å². The molecular formula is C14H30N2. The van der Waals surface area contributed by atoms with Gasteiger partial charge in [-0.05, 0) is 57.7 Å². The van der Waals surface area contributed by atoms with Crippen LogP contribution in [-0.4, -0.2) is 37.1 Å². The molecule has 1 heterocycles. The molecule has 16 heavy (non-hydrogen) atoms. The van der Waals surface area contributed by atoms with Crippen molar-refractivity contribution in [3.63, 3.8) is 0 Å². The van der Waals surface area contributed by atoms with E-state index in [2.05, 4.69) is 37.9 Å².